The van der Waals surface area contributed by atoms with Gasteiger partial charge in [-0.2, -0.15) is 0 Å². The summed E-state index contributed by atoms with van der Waals surface area (Å²) in [5.74, 6) is -1.45. The fourth-order valence-electron chi connectivity index (χ4n) is 4.55. The van der Waals surface area contributed by atoms with Gasteiger partial charge in [-0.25, -0.2) is 0 Å². The Balaban J connectivity index is 1.77. The molecule has 0 amide bonds. The van der Waals surface area contributed by atoms with Gasteiger partial charge < -0.3 is 38.3 Å². The van der Waals surface area contributed by atoms with Crippen molar-refractivity contribution in [3.05, 3.63) is 47.2 Å². The van der Waals surface area contributed by atoms with Crippen molar-refractivity contribution < 1.29 is 43.1 Å². The smallest absolute Gasteiger partial charge is 0.322 e. The maximum absolute atomic E-state index is 13.1. The minimum absolute atomic E-state index is 0.0713. The van der Waals surface area contributed by atoms with Crippen LogP contribution >= 0.6 is 0 Å². The van der Waals surface area contributed by atoms with Gasteiger partial charge in [0.2, 0.25) is 18.3 Å². The van der Waals surface area contributed by atoms with Crippen molar-refractivity contribution >= 4 is 5.97 Å². The first kappa shape index (κ1) is 20.3. The monoisotopic (exact) mass is 442 g/mol. The number of fused-ring (bicyclic) bond motifs is 3. The Hall–Kier alpha value is -3.59. The Morgan fingerprint density at radius 1 is 0.969 bits per heavy atom. The van der Waals surface area contributed by atoms with Crippen LogP contribution < -0.4 is 28.4 Å². The van der Waals surface area contributed by atoms with Crippen molar-refractivity contribution in [1.29, 1.82) is 0 Å². The molecule has 0 fully saturated rings. The molecule has 3 aliphatic rings. The molecule has 0 aromatic heterocycles. The van der Waals surface area contributed by atoms with Crippen molar-refractivity contribution in [3.8, 4) is 34.5 Å². The van der Waals surface area contributed by atoms with Crippen LogP contribution in [-0.2, 0) is 9.53 Å². The summed E-state index contributed by atoms with van der Waals surface area (Å²) >= 11 is 0. The SMILES string of the molecule is COc1cc([C@@H]2c3cc4c(cc3O[C@@]3(O)C=C(C)OC(=O)[C@H]23)OCO4)cc(OC)c1OC. The number of cyclic esters (lactones) is 1. The van der Waals surface area contributed by atoms with Crippen LogP contribution in [0.5, 0.6) is 34.5 Å². The van der Waals surface area contributed by atoms with Gasteiger partial charge in [0.15, 0.2) is 23.0 Å². The average molecular weight is 442 g/mol. The maximum atomic E-state index is 13.1. The van der Waals surface area contributed by atoms with E-state index >= 15 is 0 Å². The normalized spacial score (nSPS) is 25.0. The first-order chi connectivity index (χ1) is 15.4. The highest BCUT2D eigenvalue weighted by Crippen LogP contribution is 2.55. The van der Waals surface area contributed by atoms with Gasteiger partial charge in [0, 0.05) is 23.6 Å². The molecular formula is C23H22O9. The Kier molecular flexibility index (Phi) is 4.59. The summed E-state index contributed by atoms with van der Waals surface area (Å²) in [6, 6.07) is 6.89. The fraction of sp³-hybridized carbons (Fsp3) is 0.348. The summed E-state index contributed by atoms with van der Waals surface area (Å²) in [5, 5.41) is 11.5. The predicted octanol–water partition coefficient (Wildman–Crippen LogP) is 2.73. The number of hydrogen-bond acceptors (Lipinski definition) is 9. The molecule has 0 unspecified atom stereocenters. The number of carbonyl (C=O) groups is 1. The third-order valence-electron chi connectivity index (χ3n) is 5.86. The number of benzene rings is 2. The molecule has 0 saturated heterocycles. The topological polar surface area (TPSA) is 102 Å². The Morgan fingerprint density at radius 2 is 1.62 bits per heavy atom. The molecule has 0 radical (unpaired) electrons. The van der Waals surface area contributed by atoms with E-state index < -0.39 is 23.6 Å². The summed E-state index contributed by atoms with van der Waals surface area (Å²) in [6.07, 6.45) is 1.40. The summed E-state index contributed by atoms with van der Waals surface area (Å²) < 4.78 is 38.8. The fourth-order valence-corrected chi connectivity index (χ4v) is 4.55. The van der Waals surface area contributed by atoms with Crippen molar-refractivity contribution in [1.82, 2.24) is 0 Å². The molecule has 3 atom stereocenters. The van der Waals surface area contributed by atoms with Crippen LogP contribution in [0.3, 0.4) is 0 Å². The van der Waals surface area contributed by atoms with Gasteiger partial charge >= 0.3 is 5.97 Å². The molecule has 0 bridgehead atoms. The zero-order valence-corrected chi connectivity index (χ0v) is 18.0. The van der Waals surface area contributed by atoms with Gasteiger partial charge in [0.1, 0.15) is 17.4 Å². The van der Waals surface area contributed by atoms with Crippen LogP contribution in [-0.4, -0.2) is 45.0 Å². The zero-order chi connectivity index (χ0) is 22.6. The van der Waals surface area contributed by atoms with Crippen LogP contribution in [0, 0.1) is 5.92 Å². The lowest BCUT2D eigenvalue weighted by molar-refractivity contribution is -0.191. The molecule has 3 aliphatic heterocycles. The van der Waals surface area contributed by atoms with E-state index in [1.54, 1.807) is 31.2 Å². The first-order valence-corrected chi connectivity index (χ1v) is 9.94. The molecule has 9 heteroatoms. The van der Waals surface area contributed by atoms with Gasteiger partial charge in [-0.05, 0) is 30.7 Å². The zero-order valence-electron chi connectivity index (χ0n) is 18.0. The van der Waals surface area contributed by atoms with E-state index in [2.05, 4.69) is 0 Å². The first-order valence-electron chi connectivity index (χ1n) is 9.94. The van der Waals surface area contributed by atoms with Gasteiger partial charge in [-0.1, -0.05) is 0 Å². The van der Waals surface area contributed by atoms with Crippen LogP contribution in [0.4, 0.5) is 0 Å². The largest absolute Gasteiger partial charge is 0.493 e. The number of carbonyl (C=O) groups excluding carboxylic acids is 1. The van der Waals surface area contributed by atoms with Gasteiger partial charge in [-0.3, -0.25) is 4.79 Å². The van der Waals surface area contributed by atoms with Crippen LogP contribution in [0.15, 0.2) is 36.1 Å². The quantitative estimate of drug-likeness (QED) is 0.716. The Labute approximate surface area is 184 Å². The highest BCUT2D eigenvalue weighted by molar-refractivity contribution is 5.80. The Morgan fingerprint density at radius 3 is 2.25 bits per heavy atom. The number of esters is 1. The molecule has 3 heterocycles. The van der Waals surface area contributed by atoms with Gasteiger partial charge in [0.25, 0.3) is 0 Å². The molecule has 0 saturated carbocycles. The van der Waals surface area contributed by atoms with Gasteiger partial charge in [-0.15, -0.1) is 0 Å². The molecule has 0 spiro atoms. The van der Waals surface area contributed by atoms with Crippen molar-refractivity contribution in [3.63, 3.8) is 0 Å². The van der Waals surface area contributed by atoms with E-state index in [0.717, 1.165) is 0 Å². The molecule has 0 aliphatic carbocycles. The molecule has 5 rings (SSSR count). The van der Waals surface area contributed by atoms with E-state index in [9.17, 15) is 9.90 Å². The van der Waals surface area contributed by atoms with Crippen LogP contribution in [0.1, 0.15) is 24.0 Å². The van der Waals surface area contributed by atoms with E-state index in [1.807, 2.05) is 0 Å². The van der Waals surface area contributed by atoms with Crippen molar-refractivity contribution in [2.75, 3.05) is 28.1 Å². The summed E-state index contributed by atoms with van der Waals surface area (Å²) in [4.78, 5) is 13.1. The lowest BCUT2D eigenvalue weighted by atomic mass is 9.73. The highest BCUT2D eigenvalue weighted by atomic mass is 16.7. The number of aliphatic hydroxyl groups is 1. The van der Waals surface area contributed by atoms with E-state index in [1.165, 1.54) is 27.4 Å². The Bertz CT molecular complexity index is 1110. The second kappa shape index (κ2) is 7.23. The molecule has 32 heavy (non-hydrogen) atoms. The molecule has 1 N–H and O–H groups in total. The van der Waals surface area contributed by atoms with E-state index in [0.29, 0.717) is 45.6 Å². The second-order valence-corrected chi connectivity index (χ2v) is 7.69. The number of hydrogen-bond donors (Lipinski definition) is 1. The maximum Gasteiger partial charge on any atom is 0.322 e. The minimum atomic E-state index is -1.93. The summed E-state index contributed by atoms with van der Waals surface area (Å²) in [7, 11) is 4.53. The summed E-state index contributed by atoms with van der Waals surface area (Å²) in [5.41, 5.74) is 1.26. The third-order valence-corrected chi connectivity index (χ3v) is 5.86. The van der Waals surface area contributed by atoms with Crippen molar-refractivity contribution in [2.24, 2.45) is 5.92 Å². The summed E-state index contributed by atoms with van der Waals surface area (Å²) in [6.45, 7) is 1.65. The van der Waals surface area contributed by atoms with Crippen LogP contribution in [0.2, 0.25) is 0 Å². The number of methoxy groups -OCH3 is 3. The molecule has 9 nitrogen and oxygen atoms in total. The number of rotatable bonds is 4. The third kappa shape index (κ3) is 2.92. The minimum Gasteiger partial charge on any atom is -0.493 e. The standard InChI is InChI=1S/C23H22O9/c1-11-9-23(25)20(22(24)31-11)19(12-5-17(26-2)21(28-4)18(6-12)27-3)13-7-15-16(30-10-29-15)8-14(13)32-23/h5-9,19-20,25H,10H2,1-4H3/t19-,20+,23+/m1/s1. The molecule has 2 aromatic carbocycles. The van der Waals surface area contributed by atoms with Gasteiger partial charge in [0.05, 0.1) is 21.3 Å². The number of allylic oxidation sites excluding steroid dienone is 1. The van der Waals surface area contributed by atoms with E-state index in [-0.39, 0.29) is 12.6 Å². The highest BCUT2D eigenvalue weighted by Gasteiger charge is 2.56. The molecular weight excluding hydrogens is 420 g/mol. The lowest BCUT2D eigenvalue weighted by Crippen LogP contribution is -2.54. The molecule has 168 valence electrons. The average Bonchev–Trinajstić information content (AvgIpc) is 3.21. The van der Waals surface area contributed by atoms with Crippen molar-refractivity contribution in [2.45, 2.75) is 18.6 Å². The lowest BCUT2D eigenvalue weighted by Gasteiger charge is -2.44. The van der Waals surface area contributed by atoms with Crippen LogP contribution in [0.25, 0.3) is 0 Å². The number of ether oxygens (including phenoxy) is 7. The van der Waals surface area contributed by atoms with E-state index in [4.69, 9.17) is 33.2 Å². The second-order valence-electron chi connectivity index (χ2n) is 7.69. The predicted molar refractivity (Wildman–Crippen MR) is 109 cm³/mol. The molecule has 2 aromatic rings.